The number of aromatic nitrogens is 2. The maximum absolute atomic E-state index is 5.46. The van der Waals surface area contributed by atoms with Crippen LogP contribution in [-0.4, -0.2) is 34.7 Å². The maximum atomic E-state index is 5.46. The molecule has 1 aromatic heterocycles. The molecule has 0 saturated heterocycles. The van der Waals surface area contributed by atoms with Crippen molar-refractivity contribution in [2.24, 2.45) is 5.92 Å². The molecule has 0 N–H and O–H groups in total. The highest BCUT2D eigenvalue weighted by molar-refractivity contribution is 5.55. The number of hydrogen-bond acceptors (Lipinski definition) is 5. The first-order chi connectivity index (χ1) is 11.2. The van der Waals surface area contributed by atoms with Crippen LogP contribution in [-0.2, 0) is 6.54 Å². The number of hydrogen-bond donors (Lipinski definition) is 0. The predicted molar refractivity (Wildman–Crippen MR) is 89.2 cm³/mol. The second-order valence-corrected chi connectivity index (χ2v) is 6.62. The smallest absolute Gasteiger partial charge is 0.241 e. The maximum Gasteiger partial charge on any atom is 0.241 e. The summed E-state index contributed by atoms with van der Waals surface area (Å²) in [5.74, 6) is 2.88. The molecule has 1 aliphatic rings. The largest absolute Gasteiger partial charge is 0.497 e. The molecule has 5 nitrogen and oxygen atoms in total. The molecule has 5 heteroatoms. The van der Waals surface area contributed by atoms with Crippen molar-refractivity contribution in [1.29, 1.82) is 0 Å². The van der Waals surface area contributed by atoms with E-state index in [1.54, 1.807) is 7.11 Å². The van der Waals surface area contributed by atoms with Crippen LogP contribution in [0.5, 0.6) is 5.75 Å². The van der Waals surface area contributed by atoms with E-state index in [9.17, 15) is 0 Å². The number of nitrogens with zero attached hydrogens (tertiary/aromatic N) is 3. The second kappa shape index (κ2) is 7.13. The first-order valence-electron chi connectivity index (χ1n) is 8.36. The van der Waals surface area contributed by atoms with Crippen LogP contribution in [0.1, 0.15) is 39.0 Å². The molecule has 0 spiro atoms. The van der Waals surface area contributed by atoms with Crippen molar-refractivity contribution in [2.45, 2.75) is 45.7 Å². The van der Waals surface area contributed by atoms with Crippen LogP contribution in [0.15, 0.2) is 28.8 Å². The standard InChI is InChI=1S/C18H25N3O2/c1-13(2)10-11-21(15-6-7-15)12-17-19-18(20-23-17)14-4-8-16(22-3)9-5-14/h4-5,8-9,13,15H,6-7,10-12H2,1-3H3. The van der Waals surface area contributed by atoms with E-state index in [1.165, 1.54) is 19.3 Å². The van der Waals surface area contributed by atoms with Crippen LogP contribution in [0.3, 0.4) is 0 Å². The molecule has 1 heterocycles. The summed E-state index contributed by atoms with van der Waals surface area (Å²) in [5, 5.41) is 4.12. The Bertz CT molecular complexity index is 617. The first kappa shape index (κ1) is 16.0. The van der Waals surface area contributed by atoms with Gasteiger partial charge in [0.15, 0.2) is 0 Å². The third-order valence-electron chi connectivity index (χ3n) is 4.21. The quantitative estimate of drug-likeness (QED) is 0.742. The molecular formula is C18H25N3O2. The summed E-state index contributed by atoms with van der Waals surface area (Å²) in [6.07, 6.45) is 3.78. The summed E-state index contributed by atoms with van der Waals surface area (Å²) in [6, 6.07) is 8.41. The van der Waals surface area contributed by atoms with E-state index in [0.29, 0.717) is 23.7 Å². The van der Waals surface area contributed by atoms with Gasteiger partial charge in [0.05, 0.1) is 13.7 Å². The Labute approximate surface area is 137 Å². The molecule has 0 unspecified atom stereocenters. The highest BCUT2D eigenvalue weighted by Gasteiger charge is 2.30. The SMILES string of the molecule is COc1ccc(-c2noc(CN(CCC(C)C)C3CC3)n2)cc1. The second-order valence-electron chi connectivity index (χ2n) is 6.62. The summed E-state index contributed by atoms with van der Waals surface area (Å²) >= 11 is 0. The molecule has 3 rings (SSSR count). The fourth-order valence-electron chi connectivity index (χ4n) is 2.60. The Balaban J connectivity index is 1.65. The molecule has 0 radical (unpaired) electrons. The molecular weight excluding hydrogens is 290 g/mol. The van der Waals surface area contributed by atoms with Gasteiger partial charge in [-0.1, -0.05) is 19.0 Å². The third kappa shape index (κ3) is 4.32. The average Bonchev–Trinajstić information content (AvgIpc) is 3.30. The Morgan fingerprint density at radius 1 is 1.26 bits per heavy atom. The molecule has 0 atom stereocenters. The van der Waals surface area contributed by atoms with Gasteiger partial charge in [-0.05, 0) is 56.0 Å². The molecule has 124 valence electrons. The number of rotatable bonds is 8. The zero-order valence-electron chi connectivity index (χ0n) is 14.2. The lowest BCUT2D eigenvalue weighted by Crippen LogP contribution is -2.27. The Kier molecular flexibility index (Phi) is 4.96. The van der Waals surface area contributed by atoms with E-state index >= 15 is 0 Å². The van der Waals surface area contributed by atoms with Crippen LogP contribution in [0.4, 0.5) is 0 Å². The van der Waals surface area contributed by atoms with E-state index in [2.05, 4.69) is 28.9 Å². The Hall–Kier alpha value is -1.88. The van der Waals surface area contributed by atoms with Crippen LogP contribution >= 0.6 is 0 Å². The van der Waals surface area contributed by atoms with Crippen molar-refractivity contribution in [1.82, 2.24) is 15.0 Å². The van der Waals surface area contributed by atoms with Crippen molar-refractivity contribution in [3.8, 4) is 17.1 Å². The minimum absolute atomic E-state index is 0.641. The van der Waals surface area contributed by atoms with Crippen molar-refractivity contribution in [3.63, 3.8) is 0 Å². The summed E-state index contributed by atoms with van der Waals surface area (Å²) in [6.45, 7) is 6.38. The highest BCUT2D eigenvalue weighted by atomic mass is 16.5. The lowest BCUT2D eigenvalue weighted by atomic mass is 10.1. The highest BCUT2D eigenvalue weighted by Crippen LogP contribution is 2.29. The minimum Gasteiger partial charge on any atom is -0.497 e. The molecule has 0 amide bonds. The van der Waals surface area contributed by atoms with Crippen LogP contribution in [0.2, 0.25) is 0 Å². The van der Waals surface area contributed by atoms with Crippen molar-refractivity contribution in [3.05, 3.63) is 30.2 Å². The third-order valence-corrected chi connectivity index (χ3v) is 4.21. The summed E-state index contributed by atoms with van der Waals surface area (Å²) < 4.78 is 10.6. The van der Waals surface area contributed by atoms with E-state index in [-0.39, 0.29) is 0 Å². The van der Waals surface area contributed by atoms with E-state index < -0.39 is 0 Å². The normalized spacial score (nSPS) is 14.7. The zero-order chi connectivity index (χ0) is 16.2. The summed E-state index contributed by atoms with van der Waals surface area (Å²) in [5.41, 5.74) is 0.945. The fourth-order valence-corrected chi connectivity index (χ4v) is 2.60. The van der Waals surface area contributed by atoms with Gasteiger partial charge in [-0.15, -0.1) is 0 Å². The van der Waals surface area contributed by atoms with Gasteiger partial charge in [0, 0.05) is 11.6 Å². The molecule has 1 fully saturated rings. The Morgan fingerprint density at radius 2 is 2.00 bits per heavy atom. The first-order valence-corrected chi connectivity index (χ1v) is 8.36. The van der Waals surface area contributed by atoms with Crippen molar-refractivity contribution >= 4 is 0 Å². The molecule has 23 heavy (non-hydrogen) atoms. The van der Waals surface area contributed by atoms with Gasteiger partial charge < -0.3 is 9.26 Å². The number of methoxy groups -OCH3 is 1. The molecule has 0 bridgehead atoms. The van der Waals surface area contributed by atoms with Gasteiger partial charge in [0.1, 0.15) is 5.75 Å². The van der Waals surface area contributed by atoms with Gasteiger partial charge >= 0.3 is 0 Å². The van der Waals surface area contributed by atoms with Crippen molar-refractivity contribution in [2.75, 3.05) is 13.7 Å². The molecule has 1 aliphatic carbocycles. The molecule has 1 saturated carbocycles. The zero-order valence-corrected chi connectivity index (χ0v) is 14.2. The van der Waals surface area contributed by atoms with Crippen LogP contribution in [0.25, 0.3) is 11.4 Å². The molecule has 0 aliphatic heterocycles. The summed E-state index contributed by atoms with van der Waals surface area (Å²) in [4.78, 5) is 7.03. The number of ether oxygens (including phenoxy) is 1. The van der Waals surface area contributed by atoms with Crippen LogP contribution in [0, 0.1) is 5.92 Å². The monoisotopic (exact) mass is 315 g/mol. The van der Waals surface area contributed by atoms with Gasteiger partial charge in [-0.3, -0.25) is 4.90 Å². The van der Waals surface area contributed by atoms with E-state index in [1.807, 2.05) is 24.3 Å². The predicted octanol–water partition coefficient (Wildman–Crippen LogP) is 3.76. The topological polar surface area (TPSA) is 51.4 Å². The average molecular weight is 315 g/mol. The van der Waals surface area contributed by atoms with Gasteiger partial charge in [0.2, 0.25) is 11.7 Å². The lowest BCUT2D eigenvalue weighted by molar-refractivity contribution is 0.207. The van der Waals surface area contributed by atoms with Gasteiger partial charge in [-0.2, -0.15) is 4.98 Å². The van der Waals surface area contributed by atoms with Crippen molar-refractivity contribution < 1.29 is 9.26 Å². The van der Waals surface area contributed by atoms with Crippen LogP contribution < -0.4 is 4.74 Å². The molecule has 2 aromatic rings. The van der Waals surface area contributed by atoms with E-state index in [0.717, 1.165) is 24.4 Å². The van der Waals surface area contributed by atoms with E-state index in [4.69, 9.17) is 9.26 Å². The summed E-state index contributed by atoms with van der Waals surface area (Å²) in [7, 11) is 1.66. The Morgan fingerprint density at radius 3 is 2.61 bits per heavy atom. The van der Waals surface area contributed by atoms with Gasteiger partial charge in [0.25, 0.3) is 0 Å². The minimum atomic E-state index is 0.641. The molecule has 1 aromatic carbocycles. The number of benzene rings is 1. The lowest BCUT2D eigenvalue weighted by Gasteiger charge is -2.20. The van der Waals surface area contributed by atoms with Gasteiger partial charge in [-0.25, -0.2) is 0 Å². The fraction of sp³-hybridized carbons (Fsp3) is 0.556.